The fourth-order valence-electron chi connectivity index (χ4n) is 1.43. The predicted molar refractivity (Wildman–Crippen MR) is 68.3 cm³/mol. The van der Waals surface area contributed by atoms with Crippen LogP contribution in [-0.4, -0.2) is 21.7 Å². The highest BCUT2D eigenvalue weighted by molar-refractivity contribution is 7.13. The predicted octanol–water partition coefficient (Wildman–Crippen LogP) is 2.33. The first-order valence-electron chi connectivity index (χ1n) is 5.38. The van der Waals surface area contributed by atoms with Crippen molar-refractivity contribution >= 4 is 11.3 Å². The van der Waals surface area contributed by atoms with E-state index in [0.29, 0.717) is 0 Å². The van der Waals surface area contributed by atoms with Gasteiger partial charge in [-0.25, -0.2) is 4.98 Å². The lowest BCUT2D eigenvalue weighted by Crippen LogP contribution is -2.11. The zero-order valence-electron chi connectivity index (χ0n) is 9.47. The summed E-state index contributed by atoms with van der Waals surface area (Å²) in [5, 5.41) is 24.7. The highest BCUT2D eigenvalue weighted by Gasteiger charge is 2.07. The quantitative estimate of drug-likeness (QED) is 0.729. The van der Waals surface area contributed by atoms with E-state index in [0.717, 1.165) is 29.4 Å². The second kappa shape index (κ2) is 5.16. The van der Waals surface area contributed by atoms with Gasteiger partial charge in [-0.2, -0.15) is 0 Å². The van der Waals surface area contributed by atoms with Crippen LogP contribution in [0.25, 0.3) is 10.6 Å². The number of aromatic nitrogens is 1. The van der Waals surface area contributed by atoms with Crippen molar-refractivity contribution < 1.29 is 10.2 Å². The molecule has 4 nitrogen and oxygen atoms in total. The van der Waals surface area contributed by atoms with Crippen molar-refractivity contribution in [3.05, 3.63) is 29.3 Å². The number of nitrogens with zero attached hydrogens (tertiary/aromatic N) is 1. The summed E-state index contributed by atoms with van der Waals surface area (Å²) in [6.45, 7) is 3.70. The maximum Gasteiger partial charge on any atom is 0.158 e. The van der Waals surface area contributed by atoms with Crippen molar-refractivity contribution in [1.29, 1.82) is 0 Å². The Morgan fingerprint density at radius 1 is 1.29 bits per heavy atom. The molecule has 0 bridgehead atoms. The molecule has 2 rings (SSSR count). The van der Waals surface area contributed by atoms with E-state index in [9.17, 15) is 10.2 Å². The molecule has 0 atom stereocenters. The van der Waals surface area contributed by atoms with Crippen LogP contribution in [-0.2, 0) is 6.54 Å². The molecule has 0 saturated carbocycles. The summed E-state index contributed by atoms with van der Waals surface area (Å²) in [6, 6.07) is 4.73. The van der Waals surface area contributed by atoms with Crippen molar-refractivity contribution in [1.82, 2.24) is 10.3 Å². The van der Waals surface area contributed by atoms with E-state index in [2.05, 4.69) is 10.3 Å². The van der Waals surface area contributed by atoms with E-state index in [4.69, 9.17) is 0 Å². The smallest absolute Gasteiger partial charge is 0.158 e. The number of hydrogen-bond donors (Lipinski definition) is 3. The van der Waals surface area contributed by atoms with Crippen LogP contribution in [0.5, 0.6) is 11.5 Å². The number of phenols is 2. The van der Waals surface area contributed by atoms with Gasteiger partial charge < -0.3 is 15.5 Å². The maximum absolute atomic E-state index is 9.42. The van der Waals surface area contributed by atoms with Gasteiger partial charge in [0.25, 0.3) is 0 Å². The molecule has 90 valence electrons. The molecule has 0 spiro atoms. The Balaban J connectivity index is 2.21. The third kappa shape index (κ3) is 2.75. The Morgan fingerprint density at radius 3 is 2.82 bits per heavy atom. The van der Waals surface area contributed by atoms with E-state index >= 15 is 0 Å². The summed E-state index contributed by atoms with van der Waals surface area (Å²) in [7, 11) is 0. The van der Waals surface area contributed by atoms with Crippen LogP contribution < -0.4 is 5.32 Å². The van der Waals surface area contributed by atoms with Crippen LogP contribution in [0, 0.1) is 0 Å². The molecule has 17 heavy (non-hydrogen) atoms. The Bertz CT molecular complexity index is 511. The van der Waals surface area contributed by atoms with Gasteiger partial charge in [-0.15, -0.1) is 11.3 Å². The van der Waals surface area contributed by atoms with E-state index < -0.39 is 0 Å². The normalized spacial score (nSPS) is 10.6. The molecule has 0 aliphatic heterocycles. The van der Waals surface area contributed by atoms with Gasteiger partial charge >= 0.3 is 0 Å². The fraction of sp³-hybridized carbons (Fsp3) is 0.250. The number of nitrogens with one attached hydrogen (secondary N) is 1. The molecule has 1 aromatic carbocycles. The third-order valence-corrected chi connectivity index (χ3v) is 3.27. The van der Waals surface area contributed by atoms with Crippen molar-refractivity contribution in [3.63, 3.8) is 0 Å². The fourth-order valence-corrected chi connectivity index (χ4v) is 2.25. The van der Waals surface area contributed by atoms with Crippen LogP contribution in [0.1, 0.15) is 12.6 Å². The molecular weight excluding hydrogens is 236 g/mol. The first-order valence-corrected chi connectivity index (χ1v) is 6.26. The molecule has 5 heteroatoms. The van der Waals surface area contributed by atoms with E-state index in [1.165, 1.54) is 23.5 Å². The summed E-state index contributed by atoms with van der Waals surface area (Å²) < 4.78 is 0. The van der Waals surface area contributed by atoms with E-state index in [-0.39, 0.29) is 11.5 Å². The molecule has 0 unspecified atom stereocenters. The lowest BCUT2D eigenvalue weighted by molar-refractivity contribution is 0.404. The minimum Gasteiger partial charge on any atom is -0.504 e. The first kappa shape index (κ1) is 11.9. The van der Waals surface area contributed by atoms with Gasteiger partial charge in [0, 0.05) is 17.5 Å². The average molecular weight is 250 g/mol. The van der Waals surface area contributed by atoms with Crippen LogP contribution in [0.4, 0.5) is 0 Å². The van der Waals surface area contributed by atoms with Crippen molar-refractivity contribution in [3.8, 4) is 22.1 Å². The summed E-state index contributed by atoms with van der Waals surface area (Å²) in [5.74, 6) is -0.232. The van der Waals surface area contributed by atoms with Gasteiger partial charge in [0.05, 0.1) is 5.69 Å². The lowest BCUT2D eigenvalue weighted by Gasteiger charge is -2.00. The van der Waals surface area contributed by atoms with Crippen LogP contribution in [0.15, 0.2) is 23.6 Å². The molecule has 1 heterocycles. The Hall–Kier alpha value is -1.59. The number of hydrogen-bond acceptors (Lipinski definition) is 5. The van der Waals surface area contributed by atoms with Crippen molar-refractivity contribution in [2.75, 3.05) is 6.54 Å². The number of thiazole rings is 1. The lowest BCUT2D eigenvalue weighted by atomic mass is 10.2. The Labute approximate surface area is 104 Å². The Morgan fingerprint density at radius 2 is 2.12 bits per heavy atom. The molecule has 0 saturated heterocycles. The van der Waals surface area contributed by atoms with Crippen LogP contribution in [0.2, 0.25) is 0 Å². The molecule has 0 aliphatic rings. The zero-order valence-corrected chi connectivity index (χ0v) is 10.3. The summed E-state index contributed by atoms with van der Waals surface area (Å²) in [5.41, 5.74) is 1.80. The number of aromatic hydroxyl groups is 2. The standard InChI is InChI=1S/C12H14N2O2S/c1-2-13-6-9-7-17-12(14-9)8-3-4-10(15)11(16)5-8/h3-5,7,13,15-16H,2,6H2,1H3. The van der Waals surface area contributed by atoms with Gasteiger partial charge in [-0.3, -0.25) is 0 Å². The molecule has 3 N–H and O–H groups in total. The molecule has 2 aromatic rings. The van der Waals surface area contributed by atoms with Crippen molar-refractivity contribution in [2.45, 2.75) is 13.5 Å². The minimum atomic E-state index is -0.120. The number of phenolic OH excluding ortho intramolecular Hbond substituents is 2. The molecular formula is C12H14N2O2S. The van der Waals surface area contributed by atoms with E-state index in [1.807, 2.05) is 12.3 Å². The summed E-state index contributed by atoms with van der Waals surface area (Å²) in [6.07, 6.45) is 0. The molecule has 0 aliphatic carbocycles. The average Bonchev–Trinajstić information content (AvgIpc) is 2.79. The SMILES string of the molecule is CCNCc1csc(-c2ccc(O)c(O)c2)n1. The highest BCUT2D eigenvalue weighted by Crippen LogP contribution is 2.31. The molecule has 0 amide bonds. The second-order valence-corrected chi connectivity index (χ2v) is 4.49. The third-order valence-electron chi connectivity index (χ3n) is 2.33. The van der Waals surface area contributed by atoms with Crippen molar-refractivity contribution in [2.24, 2.45) is 0 Å². The first-order chi connectivity index (χ1) is 8.20. The van der Waals surface area contributed by atoms with Gasteiger partial charge in [-0.05, 0) is 24.7 Å². The van der Waals surface area contributed by atoms with Crippen LogP contribution in [0.3, 0.4) is 0 Å². The second-order valence-electron chi connectivity index (χ2n) is 3.63. The molecule has 1 aromatic heterocycles. The van der Waals surface area contributed by atoms with Gasteiger partial charge in [0.15, 0.2) is 11.5 Å². The summed E-state index contributed by atoms with van der Waals surface area (Å²) in [4.78, 5) is 4.45. The topological polar surface area (TPSA) is 65.4 Å². The molecule has 0 radical (unpaired) electrons. The number of benzene rings is 1. The van der Waals surface area contributed by atoms with E-state index in [1.54, 1.807) is 6.07 Å². The molecule has 0 fully saturated rings. The minimum absolute atomic E-state index is 0.113. The Kier molecular flexibility index (Phi) is 3.61. The van der Waals surface area contributed by atoms with Gasteiger partial charge in [-0.1, -0.05) is 6.92 Å². The maximum atomic E-state index is 9.42. The van der Waals surface area contributed by atoms with Gasteiger partial charge in [0.2, 0.25) is 0 Å². The highest BCUT2D eigenvalue weighted by atomic mass is 32.1. The monoisotopic (exact) mass is 250 g/mol. The number of rotatable bonds is 4. The van der Waals surface area contributed by atoms with Crippen LogP contribution >= 0.6 is 11.3 Å². The summed E-state index contributed by atoms with van der Waals surface area (Å²) >= 11 is 1.52. The largest absolute Gasteiger partial charge is 0.504 e. The zero-order chi connectivity index (χ0) is 12.3. The van der Waals surface area contributed by atoms with Gasteiger partial charge in [0.1, 0.15) is 5.01 Å².